The Kier molecular flexibility index (Phi) is 7.12. The fourth-order valence-electron chi connectivity index (χ4n) is 3.83. The third-order valence-electron chi connectivity index (χ3n) is 5.50. The summed E-state index contributed by atoms with van der Waals surface area (Å²) in [5.74, 6) is 1.74. The van der Waals surface area contributed by atoms with Crippen molar-refractivity contribution in [3.05, 3.63) is 76.6 Å². The molecule has 0 bridgehead atoms. The van der Waals surface area contributed by atoms with E-state index in [2.05, 4.69) is 17.0 Å². The summed E-state index contributed by atoms with van der Waals surface area (Å²) in [5, 5.41) is 5.42. The zero-order valence-corrected chi connectivity index (χ0v) is 18.7. The lowest BCUT2D eigenvalue weighted by atomic mass is 10.1. The fraction of sp³-hybridized carbons (Fsp3) is 0.375. The molecule has 1 saturated heterocycles. The standard InChI is InChI=1S/C24H28ClN3O3/c1-27-20(11-13-30-21-9-7-19(25)8-10-21)15-22(26-27)24-17-28(12-14-31-24)16-18-5-3-4-6-23(18)29-2/h3-10,15,24H,11-14,16-17H2,1-2H3/t24-/m1/s1. The number of hydrogen-bond donors (Lipinski definition) is 0. The van der Waals surface area contributed by atoms with Crippen molar-refractivity contribution < 1.29 is 14.2 Å². The topological polar surface area (TPSA) is 48.8 Å². The van der Waals surface area contributed by atoms with Gasteiger partial charge >= 0.3 is 0 Å². The van der Waals surface area contributed by atoms with E-state index in [0.717, 1.165) is 48.9 Å². The molecule has 0 spiro atoms. The van der Waals surface area contributed by atoms with Gasteiger partial charge in [-0.3, -0.25) is 9.58 Å². The van der Waals surface area contributed by atoms with Crippen molar-refractivity contribution in [1.29, 1.82) is 0 Å². The predicted octanol–water partition coefficient (Wildman–Crippen LogP) is 4.28. The molecule has 0 amide bonds. The highest BCUT2D eigenvalue weighted by molar-refractivity contribution is 6.30. The van der Waals surface area contributed by atoms with Gasteiger partial charge in [0, 0.05) is 49.4 Å². The van der Waals surface area contributed by atoms with E-state index in [1.165, 1.54) is 5.56 Å². The lowest BCUT2D eigenvalue weighted by Gasteiger charge is -2.32. The molecule has 2 aromatic carbocycles. The number of aromatic nitrogens is 2. The van der Waals surface area contributed by atoms with E-state index in [-0.39, 0.29) is 6.10 Å². The summed E-state index contributed by atoms with van der Waals surface area (Å²) in [4.78, 5) is 2.39. The van der Waals surface area contributed by atoms with E-state index in [4.69, 9.17) is 30.9 Å². The maximum atomic E-state index is 6.05. The molecule has 0 radical (unpaired) electrons. The van der Waals surface area contributed by atoms with Crippen molar-refractivity contribution in [3.63, 3.8) is 0 Å². The van der Waals surface area contributed by atoms with Crippen LogP contribution >= 0.6 is 11.6 Å². The fourth-order valence-corrected chi connectivity index (χ4v) is 3.95. The van der Waals surface area contributed by atoms with Gasteiger partial charge in [0.1, 0.15) is 17.6 Å². The van der Waals surface area contributed by atoms with Crippen molar-refractivity contribution >= 4 is 11.6 Å². The zero-order valence-electron chi connectivity index (χ0n) is 18.0. The van der Waals surface area contributed by atoms with E-state index in [9.17, 15) is 0 Å². The highest BCUT2D eigenvalue weighted by Crippen LogP contribution is 2.26. The van der Waals surface area contributed by atoms with E-state index in [1.807, 2.05) is 54.2 Å². The molecule has 31 heavy (non-hydrogen) atoms. The Morgan fingerprint density at radius 1 is 1.16 bits per heavy atom. The highest BCUT2D eigenvalue weighted by Gasteiger charge is 2.25. The largest absolute Gasteiger partial charge is 0.496 e. The molecule has 2 heterocycles. The summed E-state index contributed by atoms with van der Waals surface area (Å²) in [7, 11) is 3.68. The second-order valence-electron chi connectivity index (χ2n) is 7.64. The molecule has 3 aromatic rings. The number of methoxy groups -OCH3 is 1. The van der Waals surface area contributed by atoms with Gasteiger partial charge in [-0.25, -0.2) is 0 Å². The first-order valence-corrected chi connectivity index (χ1v) is 10.9. The Balaban J connectivity index is 1.35. The first-order valence-electron chi connectivity index (χ1n) is 10.5. The number of halogens is 1. The second-order valence-corrected chi connectivity index (χ2v) is 8.08. The van der Waals surface area contributed by atoms with Crippen LogP contribution in [0.1, 0.15) is 23.1 Å². The minimum absolute atomic E-state index is 0.0411. The number of morpholine rings is 1. The smallest absolute Gasteiger partial charge is 0.123 e. The van der Waals surface area contributed by atoms with E-state index >= 15 is 0 Å². The summed E-state index contributed by atoms with van der Waals surface area (Å²) in [5.41, 5.74) is 3.27. The van der Waals surface area contributed by atoms with Crippen molar-refractivity contribution in [2.45, 2.75) is 19.1 Å². The molecular weight excluding hydrogens is 414 g/mol. The van der Waals surface area contributed by atoms with Crippen LogP contribution in [0.5, 0.6) is 11.5 Å². The van der Waals surface area contributed by atoms with Gasteiger partial charge in [0.2, 0.25) is 0 Å². The van der Waals surface area contributed by atoms with Crippen molar-refractivity contribution in [3.8, 4) is 11.5 Å². The maximum Gasteiger partial charge on any atom is 0.123 e. The van der Waals surface area contributed by atoms with Crippen LogP contribution < -0.4 is 9.47 Å². The van der Waals surface area contributed by atoms with E-state index in [1.54, 1.807) is 7.11 Å². The molecule has 1 aliphatic rings. The lowest BCUT2D eigenvalue weighted by molar-refractivity contribution is -0.0353. The van der Waals surface area contributed by atoms with E-state index < -0.39 is 0 Å². The first-order chi connectivity index (χ1) is 15.1. The molecule has 0 N–H and O–H groups in total. The van der Waals surface area contributed by atoms with Gasteiger partial charge in [-0.15, -0.1) is 0 Å². The van der Waals surface area contributed by atoms with Crippen LogP contribution in [0.25, 0.3) is 0 Å². The molecule has 0 unspecified atom stereocenters. The summed E-state index contributed by atoms with van der Waals surface area (Å²) in [6.45, 7) is 3.79. The van der Waals surface area contributed by atoms with Gasteiger partial charge in [0.15, 0.2) is 0 Å². The first kappa shape index (κ1) is 21.7. The number of benzene rings is 2. The molecule has 164 valence electrons. The van der Waals surface area contributed by atoms with Gasteiger partial charge in [0.25, 0.3) is 0 Å². The van der Waals surface area contributed by atoms with Crippen LogP contribution in [0.4, 0.5) is 0 Å². The summed E-state index contributed by atoms with van der Waals surface area (Å²) in [6, 6.07) is 17.7. The number of rotatable bonds is 8. The van der Waals surface area contributed by atoms with E-state index in [0.29, 0.717) is 18.2 Å². The van der Waals surface area contributed by atoms with Gasteiger partial charge in [-0.05, 0) is 36.4 Å². The molecule has 0 saturated carbocycles. The van der Waals surface area contributed by atoms with Gasteiger partial charge in [-0.2, -0.15) is 5.10 Å². The van der Waals surface area contributed by atoms with Crippen LogP contribution in [-0.2, 0) is 24.8 Å². The number of ether oxygens (including phenoxy) is 3. The Morgan fingerprint density at radius 2 is 1.97 bits per heavy atom. The molecule has 6 nitrogen and oxygen atoms in total. The average Bonchev–Trinajstić information content (AvgIpc) is 3.16. The molecule has 1 aliphatic heterocycles. The number of para-hydroxylation sites is 1. The van der Waals surface area contributed by atoms with Crippen molar-refractivity contribution in [1.82, 2.24) is 14.7 Å². The molecule has 1 atom stereocenters. The SMILES string of the molecule is COc1ccccc1CN1CCO[C@@H](c2cc(CCOc3ccc(Cl)cc3)n(C)n2)C1. The zero-order chi connectivity index (χ0) is 21.6. The molecule has 1 aromatic heterocycles. The second kappa shape index (κ2) is 10.2. The van der Waals surface area contributed by atoms with Gasteiger partial charge < -0.3 is 14.2 Å². The van der Waals surface area contributed by atoms with Crippen molar-refractivity contribution in [2.24, 2.45) is 7.05 Å². The lowest BCUT2D eigenvalue weighted by Crippen LogP contribution is -2.38. The number of aryl methyl sites for hydroxylation is 1. The molecule has 1 fully saturated rings. The monoisotopic (exact) mass is 441 g/mol. The Labute approximate surface area is 188 Å². The van der Waals surface area contributed by atoms with Crippen LogP contribution in [0.15, 0.2) is 54.6 Å². The average molecular weight is 442 g/mol. The minimum atomic E-state index is -0.0411. The van der Waals surface area contributed by atoms with Crippen LogP contribution in [0, 0.1) is 0 Å². The minimum Gasteiger partial charge on any atom is -0.496 e. The van der Waals surface area contributed by atoms with Gasteiger partial charge in [-0.1, -0.05) is 29.8 Å². The summed E-state index contributed by atoms with van der Waals surface area (Å²) in [6.07, 6.45) is 0.727. The highest BCUT2D eigenvalue weighted by atomic mass is 35.5. The van der Waals surface area contributed by atoms with Gasteiger partial charge in [0.05, 0.1) is 26.0 Å². The van der Waals surface area contributed by atoms with Crippen LogP contribution in [0.3, 0.4) is 0 Å². The Morgan fingerprint density at radius 3 is 2.77 bits per heavy atom. The quantitative estimate of drug-likeness (QED) is 0.522. The normalized spacial score (nSPS) is 16.9. The molecule has 7 heteroatoms. The third-order valence-corrected chi connectivity index (χ3v) is 5.76. The van der Waals surface area contributed by atoms with Crippen LogP contribution in [-0.4, -0.2) is 48.1 Å². The third kappa shape index (κ3) is 5.58. The Bertz CT molecular complexity index is 990. The predicted molar refractivity (Wildman–Crippen MR) is 121 cm³/mol. The molecule has 4 rings (SSSR count). The van der Waals surface area contributed by atoms with Crippen LogP contribution in [0.2, 0.25) is 5.02 Å². The molecular formula is C24H28ClN3O3. The summed E-state index contributed by atoms with van der Waals surface area (Å²) >= 11 is 5.92. The Hall–Kier alpha value is -2.54. The summed E-state index contributed by atoms with van der Waals surface area (Å²) < 4.78 is 19.3. The maximum absolute atomic E-state index is 6.05. The number of nitrogens with zero attached hydrogens (tertiary/aromatic N) is 3. The number of hydrogen-bond acceptors (Lipinski definition) is 5. The van der Waals surface area contributed by atoms with Crippen molar-refractivity contribution in [2.75, 3.05) is 33.4 Å². The molecule has 0 aliphatic carbocycles.